The lowest BCUT2D eigenvalue weighted by molar-refractivity contribution is -0.109. The van der Waals surface area contributed by atoms with Gasteiger partial charge in [-0.3, -0.25) is 4.79 Å². The number of rotatable bonds is 7. The summed E-state index contributed by atoms with van der Waals surface area (Å²) in [6.07, 6.45) is 5.60. The lowest BCUT2D eigenvalue weighted by Crippen LogP contribution is -2.07. The molecule has 0 fully saturated rings. The fraction of sp³-hybridized carbons (Fsp3) is 0.727. The van der Waals surface area contributed by atoms with Gasteiger partial charge >= 0.3 is 0 Å². The Morgan fingerprint density at radius 2 is 2.00 bits per heavy atom. The summed E-state index contributed by atoms with van der Waals surface area (Å²) < 4.78 is 0. The fourth-order valence-electron chi connectivity index (χ4n) is 1.43. The highest BCUT2D eigenvalue weighted by Gasteiger charge is 2.14. The molecule has 76 valence electrons. The van der Waals surface area contributed by atoms with Crippen LogP contribution in [-0.4, -0.2) is 5.24 Å². The van der Waals surface area contributed by atoms with Gasteiger partial charge in [0, 0.05) is 5.57 Å². The van der Waals surface area contributed by atoms with Crippen LogP contribution < -0.4 is 0 Å². The highest BCUT2D eigenvalue weighted by molar-refractivity contribution is 6.67. The largest absolute Gasteiger partial charge is 0.276 e. The Hall–Kier alpha value is -0.300. The molecule has 0 aliphatic heterocycles. The zero-order valence-corrected chi connectivity index (χ0v) is 9.36. The smallest absolute Gasteiger partial charge is 0.248 e. The number of allylic oxidation sites excluding steroid dienone is 1. The minimum atomic E-state index is -0.372. The van der Waals surface area contributed by atoms with Crippen LogP contribution in [0.2, 0.25) is 0 Å². The highest BCUT2D eigenvalue weighted by atomic mass is 35.5. The van der Waals surface area contributed by atoms with E-state index in [0.29, 0.717) is 5.57 Å². The van der Waals surface area contributed by atoms with Gasteiger partial charge in [-0.1, -0.05) is 39.7 Å². The van der Waals surface area contributed by atoms with Crippen molar-refractivity contribution < 1.29 is 4.79 Å². The van der Waals surface area contributed by atoms with E-state index in [2.05, 4.69) is 20.4 Å². The summed E-state index contributed by atoms with van der Waals surface area (Å²) in [6.45, 7) is 7.96. The number of carbonyl (C=O) groups excluding carboxylic acids is 1. The van der Waals surface area contributed by atoms with Gasteiger partial charge in [-0.05, 0) is 30.4 Å². The number of carbonyl (C=O) groups is 1. The van der Waals surface area contributed by atoms with Gasteiger partial charge in [-0.15, -0.1) is 0 Å². The lowest BCUT2D eigenvalue weighted by atomic mass is 9.92. The van der Waals surface area contributed by atoms with Gasteiger partial charge in [0.2, 0.25) is 5.24 Å². The Balaban J connectivity index is 3.88. The molecule has 13 heavy (non-hydrogen) atoms. The van der Waals surface area contributed by atoms with Crippen LogP contribution in [-0.2, 0) is 4.79 Å². The molecule has 0 aliphatic rings. The second-order valence-corrected chi connectivity index (χ2v) is 3.74. The van der Waals surface area contributed by atoms with E-state index in [-0.39, 0.29) is 11.2 Å². The van der Waals surface area contributed by atoms with Crippen molar-refractivity contribution in [3.8, 4) is 0 Å². The monoisotopic (exact) mass is 202 g/mol. The van der Waals surface area contributed by atoms with Crippen LogP contribution in [0, 0.1) is 5.92 Å². The minimum Gasteiger partial charge on any atom is -0.276 e. The van der Waals surface area contributed by atoms with Gasteiger partial charge in [0.25, 0.3) is 0 Å². The molecule has 0 amide bonds. The van der Waals surface area contributed by atoms with Crippen molar-refractivity contribution in [2.45, 2.75) is 46.0 Å². The van der Waals surface area contributed by atoms with Gasteiger partial charge in [-0.2, -0.15) is 0 Å². The average Bonchev–Trinajstić information content (AvgIpc) is 2.11. The molecule has 0 rings (SSSR count). The van der Waals surface area contributed by atoms with Crippen LogP contribution in [0.4, 0.5) is 0 Å². The first-order valence-corrected chi connectivity index (χ1v) is 5.39. The van der Waals surface area contributed by atoms with Crippen LogP contribution >= 0.6 is 11.6 Å². The minimum absolute atomic E-state index is 0.288. The van der Waals surface area contributed by atoms with Crippen molar-refractivity contribution in [3.63, 3.8) is 0 Å². The molecular weight excluding hydrogens is 184 g/mol. The number of hydrogen-bond acceptors (Lipinski definition) is 1. The molecule has 0 radical (unpaired) electrons. The van der Waals surface area contributed by atoms with Gasteiger partial charge in [0.1, 0.15) is 0 Å². The summed E-state index contributed by atoms with van der Waals surface area (Å²) in [6, 6.07) is 0. The zero-order chi connectivity index (χ0) is 10.3. The molecule has 0 heterocycles. The Morgan fingerprint density at radius 1 is 1.38 bits per heavy atom. The Bertz CT molecular complexity index is 175. The van der Waals surface area contributed by atoms with Crippen LogP contribution in [0.25, 0.3) is 0 Å². The third-order valence-electron chi connectivity index (χ3n) is 2.39. The summed E-state index contributed by atoms with van der Waals surface area (Å²) in [7, 11) is 0. The maximum absolute atomic E-state index is 10.8. The van der Waals surface area contributed by atoms with Gasteiger partial charge < -0.3 is 0 Å². The highest BCUT2D eigenvalue weighted by Crippen LogP contribution is 2.22. The molecule has 2 heteroatoms. The third kappa shape index (κ3) is 5.09. The van der Waals surface area contributed by atoms with Crippen molar-refractivity contribution in [1.29, 1.82) is 0 Å². The summed E-state index contributed by atoms with van der Waals surface area (Å²) in [5.41, 5.74) is 0.584. The first-order chi connectivity index (χ1) is 6.13. The number of unbranched alkanes of at least 4 members (excludes halogenated alkanes) is 2. The van der Waals surface area contributed by atoms with E-state index >= 15 is 0 Å². The summed E-state index contributed by atoms with van der Waals surface area (Å²) in [4.78, 5) is 10.8. The van der Waals surface area contributed by atoms with Crippen LogP contribution in [0.5, 0.6) is 0 Å². The first kappa shape index (κ1) is 12.7. The Kier molecular flexibility index (Phi) is 6.97. The maximum Gasteiger partial charge on any atom is 0.248 e. The van der Waals surface area contributed by atoms with E-state index in [4.69, 9.17) is 11.6 Å². The molecule has 0 aliphatic carbocycles. The molecule has 0 aromatic carbocycles. The molecule has 0 saturated heterocycles. The molecule has 1 nitrogen and oxygen atoms in total. The topological polar surface area (TPSA) is 17.1 Å². The van der Waals surface area contributed by atoms with Crippen molar-refractivity contribution in [3.05, 3.63) is 12.2 Å². The molecule has 0 saturated carbocycles. The van der Waals surface area contributed by atoms with Crippen molar-refractivity contribution in [2.75, 3.05) is 0 Å². The van der Waals surface area contributed by atoms with E-state index in [0.717, 1.165) is 19.3 Å². The molecule has 0 aromatic rings. The van der Waals surface area contributed by atoms with E-state index in [9.17, 15) is 4.79 Å². The molecule has 1 atom stereocenters. The molecule has 0 bridgehead atoms. The van der Waals surface area contributed by atoms with Crippen molar-refractivity contribution in [2.24, 2.45) is 5.92 Å². The summed E-state index contributed by atoms with van der Waals surface area (Å²) >= 11 is 5.38. The third-order valence-corrected chi connectivity index (χ3v) is 2.64. The Labute approximate surface area is 86.2 Å². The van der Waals surface area contributed by atoms with Gasteiger partial charge in [0.05, 0.1) is 0 Å². The van der Waals surface area contributed by atoms with Crippen LogP contribution in [0.1, 0.15) is 46.0 Å². The van der Waals surface area contributed by atoms with Crippen LogP contribution in [0.3, 0.4) is 0 Å². The van der Waals surface area contributed by atoms with E-state index in [1.165, 1.54) is 12.8 Å². The predicted molar refractivity (Wildman–Crippen MR) is 57.9 cm³/mol. The molecule has 0 N–H and O–H groups in total. The van der Waals surface area contributed by atoms with E-state index < -0.39 is 0 Å². The van der Waals surface area contributed by atoms with Crippen LogP contribution in [0.15, 0.2) is 12.2 Å². The van der Waals surface area contributed by atoms with Gasteiger partial charge in [0.15, 0.2) is 0 Å². The quantitative estimate of drug-likeness (QED) is 0.348. The summed E-state index contributed by atoms with van der Waals surface area (Å²) in [5, 5.41) is -0.372. The van der Waals surface area contributed by atoms with Crippen molar-refractivity contribution >= 4 is 16.8 Å². The molecule has 1 unspecified atom stereocenters. The first-order valence-electron chi connectivity index (χ1n) is 5.02. The number of halogens is 1. The average molecular weight is 203 g/mol. The lowest BCUT2D eigenvalue weighted by Gasteiger charge is -2.14. The molecular formula is C11H19ClO. The molecule has 0 spiro atoms. The standard InChI is InChI=1S/C11H19ClO/c1-4-6-7-8-10(5-2)9(3)11(12)13/h10H,3-8H2,1-2H3. The van der Waals surface area contributed by atoms with E-state index in [1.807, 2.05) is 0 Å². The zero-order valence-electron chi connectivity index (χ0n) is 8.61. The second-order valence-electron chi connectivity index (χ2n) is 3.40. The summed E-state index contributed by atoms with van der Waals surface area (Å²) in [5.74, 6) is 0.288. The fourth-order valence-corrected chi connectivity index (χ4v) is 1.58. The SMILES string of the molecule is C=C(C(=O)Cl)C(CC)CCCCC. The second kappa shape index (κ2) is 7.14. The maximum atomic E-state index is 10.8. The molecule has 0 aromatic heterocycles. The predicted octanol–water partition coefficient (Wildman–Crippen LogP) is 3.91. The van der Waals surface area contributed by atoms with Gasteiger partial charge in [-0.25, -0.2) is 0 Å². The van der Waals surface area contributed by atoms with E-state index in [1.54, 1.807) is 0 Å². The Morgan fingerprint density at radius 3 is 2.38 bits per heavy atom. The normalized spacial score (nSPS) is 12.5. The number of hydrogen-bond donors (Lipinski definition) is 0. The van der Waals surface area contributed by atoms with Crippen molar-refractivity contribution in [1.82, 2.24) is 0 Å².